The van der Waals surface area contributed by atoms with Gasteiger partial charge in [-0.05, 0) is 13.3 Å². The molecule has 0 unspecified atom stereocenters. The number of aromatic nitrogens is 3. The summed E-state index contributed by atoms with van der Waals surface area (Å²) in [5.41, 5.74) is 0.720. The molecule has 20 heavy (non-hydrogen) atoms. The molecular formula is C13H18N4O2S. The van der Waals surface area contributed by atoms with Crippen molar-refractivity contribution in [1.82, 2.24) is 19.5 Å². The van der Waals surface area contributed by atoms with Crippen LogP contribution in [-0.2, 0) is 17.7 Å². The summed E-state index contributed by atoms with van der Waals surface area (Å²) in [6, 6.07) is 1.59. The summed E-state index contributed by atoms with van der Waals surface area (Å²) in [6.07, 6.45) is 1.06. The second kappa shape index (κ2) is 5.59. The van der Waals surface area contributed by atoms with Crippen molar-refractivity contribution >= 4 is 16.3 Å². The zero-order valence-corrected chi connectivity index (χ0v) is 12.5. The Bertz CT molecular complexity index is 666. The minimum absolute atomic E-state index is 0.0951. The monoisotopic (exact) mass is 294 g/mol. The highest BCUT2D eigenvalue weighted by molar-refractivity contribution is 7.16. The van der Waals surface area contributed by atoms with Crippen molar-refractivity contribution < 1.29 is 4.74 Å². The van der Waals surface area contributed by atoms with Gasteiger partial charge in [-0.15, -0.1) is 0 Å². The van der Waals surface area contributed by atoms with Crippen LogP contribution in [0.25, 0.3) is 4.96 Å². The van der Waals surface area contributed by atoms with Crippen molar-refractivity contribution in [3.8, 4) is 0 Å². The van der Waals surface area contributed by atoms with Crippen LogP contribution >= 0.6 is 11.3 Å². The van der Waals surface area contributed by atoms with Gasteiger partial charge in [-0.25, -0.2) is 4.98 Å². The van der Waals surface area contributed by atoms with E-state index in [1.807, 2.05) is 6.92 Å². The maximum atomic E-state index is 12.1. The number of nitrogens with zero attached hydrogens (tertiary/aromatic N) is 4. The fraction of sp³-hybridized carbons (Fsp3) is 0.615. The van der Waals surface area contributed by atoms with E-state index in [1.165, 1.54) is 15.9 Å². The van der Waals surface area contributed by atoms with Crippen LogP contribution in [0.3, 0.4) is 0 Å². The fourth-order valence-electron chi connectivity index (χ4n) is 2.38. The zero-order chi connectivity index (χ0) is 14.1. The van der Waals surface area contributed by atoms with Crippen LogP contribution in [0.4, 0.5) is 0 Å². The van der Waals surface area contributed by atoms with Gasteiger partial charge in [0.25, 0.3) is 5.56 Å². The van der Waals surface area contributed by atoms with Crippen LogP contribution in [0.2, 0.25) is 0 Å². The van der Waals surface area contributed by atoms with Gasteiger partial charge in [0.05, 0.1) is 18.4 Å². The SMILES string of the molecule is CCc1nn2c(=O)cc(CN3CCO[C@H](C)C3)nc2s1. The van der Waals surface area contributed by atoms with Gasteiger partial charge >= 0.3 is 0 Å². The first-order chi connectivity index (χ1) is 9.65. The first-order valence-corrected chi connectivity index (χ1v) is 7.70. The lowest BCUT2D eigenvalue weighted by Gasteiger charge is -2.30. The predicted octanol–water partition coefficient (Wildman–Crippen LogP) is 0.934. The summed E-state index contributed by atoms with van der Waals surface area (Å²) in [7, 11) is 0. The van der Waals surface area contributed by atoms with Crippen LogP contribution in [0.1, 0.15) is 24.5 Å². The lowest BCUT2D eigenvalue weighted by Crippen LogP contribution is -2.40. The smallest absolute Gasteiger partial charge is 0.275 e. The van der Waals surface area contributed by atoms with Crippen LogP contribution in [0.5, 0.6) is 0 Å². The molecule has 0 bridgehead atoms. The molecule has 3 heterocycles. The van der Waals surface area contributed by atoms with Gasteiger partial charge < -0.3 is 4.74 Å². The van der Waals surface area contributed by atoms with E-state index in [9.17, 15) is 4.79 Å². The van der Waals surface area contributed by atoms with Crippen molar-refractivity contribution in [1.29, 1.82) is 0 Å². The zero-order valence-electron chi connectivity index (χ0n) is 11.7. The molecule has 0 N–H and O–H groups in total. The molecule has 2 aromatic rings. The van der Waals surface area contributed by atoms with Crippen molar-refractivity contribution in [2.24, 2.45) is 0 Å². The lowest BCUT2D eigenvalue weighted by atomic mass is 10.3. The third kappa shape index (κ3) is 2.74. The molecule has 0 aromatic carbocycles. The molecule has 108 valence electrons. The van der Waals surface area contributed by atoms with Crippen molar-refractivity contribution in [3.05, 3.63) is 27.1 Å². The van der Waals surface area contributed by atoms with Gasteiger partial charge in [0.1, 0.15) is 5.01 Å². The Hall–Kier alpha value is -1.31. The van der Waals surface area contributed by atoms with Crippen molar-refractivity contribution in [2.45, 2.75) is 32.9 Å². The Morgan fingerprint density at radius 3 is 3.15 bits per heavy atom. The van der Waals surface area contributed by atoms with E-state index in [2.05, 4.69) is 21.9 Å². The van der Waals surface area contributed by atoms with Gasteiger partial charge in [0.15, 0.2) is 0 Å². The van der Waals surface area contributed by atoms with E-state index in [0.717, 1.165) is 36.8 Å². The summed E-state index contributed by atoms with van der Waals surface area (Å²) >= 11 is 1.49. The van der Waals surface area contributed by atoms with E-state index in [-0.39, 0.29) is 11.7 Å². The molecule has 6 nitrogen and oxygen atoms in total. The number of fused-ring (bicyclic) bond motifs is 1. The standard InChI is InChI=1S/C13H18N4O2S/c1-3-11-15-17-12(18)6-10(14-13(17)20-11)8-16-4-5-19-9(2)7-16/h6,9H,3-5,7-8H2,1-2H3/t9-/m1/s1. The quantitative estimate of drug-likeness (QED) is 0.843. The Morgan fingerprint density at radius 2 is 2.40 bits per heavy atom. The van der Waals surface area contributed by atoms with Crippen molar-refractivity contribution in [3.63, 3.8) is 0 Å². The third-order valence-corrected chi connectivity index (χ3v) is 4.41. The molecular weight excluding hydrogens is 276 g/mol. The summed E-state index contributed by atoms with van der Waals surface area (Å²) < 4.78 is 6.92. The predicted molar refractivity (Wildman–Crippen MR) is 77.2 cm³/mol. The van der Waals surface area contributed by atoms with Crippen molar-refractivity contribution in [2.75, 3.05) is 19.7 Å². The first kappa shape index (κ1) is 13.7. The molecule has 0 radical (unpaired) electrons. The highest BCUT2D eigenvalue weighted by atomic mass is 32.1. The molecule has 2 aromatic heterocycles. The van der Waals surface area contributed by atoms with E-state index in [1.54, 1.807) is 6.07 Å². The fourth-order valence-corrected chi connectivity index (χ4v) is 3.24. The Balaban J connectivity index is 1.86. The highest BCUT2D eigenvalue weighted by Gasteiger charge is 2.18. The maximum absolute atomic E-state index is 12.1. The molecule has 1 fully saturated rings. The minimum Gasteiger partial charge on any atom is -0.376 e. The van der Waals surface area contributed by atoms with Crippen LogP contribution in [0.15, 0.2) is 10.9 Å². The minimum atomic E-state index is -0.0951. The van der Waals surface area contributed by atoms with Crippen LogP contribution in [-0.4, -0.2) is 45.3 Å². The van der Waals surface area contributed by atoms with Gasteiger partial charge in [-0.3, -0.25) is 9.69 Å². The second-order valence-electron chi connectivity index (χ2n) is 5.05. The third-order valence-electron chi connectivity index (χ3n) is 3.35. The van der Waals surface area contributed by atoms with Gasteiger partial charge in [-0.2, -0.15) is 9.61 Å². The number of aryl methyl sites for hydroxylation is 1. The molecule has 1 saturated heterocycles. The molecule has 1 aliphatic heterocycles. The molecule has 1 atom stereocenters. The first-order valence-electron chi connectivity index (χ1n) is 6.88. The van der Waals surface area contributed by atoms with E-state index in [4.69, 9.17) is 4.74 Å². The second-order valence-corrected chi connectivity index (χ2v) is 6.09. The number of hydrogen-bond acceptors (Lipinski definition) is 6. The number of morpholine rings is 1. The largest absolute Gasteiger partial charge is 0.376 e. The summed E-state index contributed by atoms with van der Waals surface area (Å²) in [4.78, 5) is 19.6. The van der Waals surface area contributed by atoms with Gasteiger partial charge in [0.2, 0.25) is 4.96 Å². The summed E-state index contributed by atoms with van der Waals surface area (Å²) in [5, 5.41) is 5.19. The Labute approximate surface area is 121 Å². The van der Waals surface area contributed by atoms with Crippen LogP contribution < -0.4 is 5.56 Å². The normalized spacial score (nSPS) is 20.6. The van der Waals surface area contributed by atoms with E-state index in [0.29, 0.717) is 11.5 Å². The summed E-state index contributed by atoms with van der Waals surface area (Å²) in [6.45, 7) is 7.28. The molecule has 0 saturated carbocycles. The molecule has 7 heteroatoms. The average molecular weight is 294 g/mol. The van der Waals surface area contributed by atoms with E-state index >= 15 is 0 Å². The highest BCUT2D eigenvalue weighted by Crippen LogP contribution is 2.13. The van der Waals surface area contributed by atoms with E-state index < -0.39 is 0 Å². The maximum Gasteiger partial charge on any atom is 0.275 e. The molecule has 1 aliphatic rings. The van der Waals surface area contributed by atoms with Gasteiger partial charge in [-0.1, -0.05) is 18.3 Å². The van der Waals surface area contributed by atoms with Crippen LogP contribution in [0, 0.1) is 0 Å². The number of ether oxygens (including phenoxy) is 1. The lowest BCUT2D eigenvalue weighted by molar-refractivity contribution is -0.0215. The number of hydrogen-bond donors (Lipinski definition) is 0. The summed E-state index contributed by atoms with van der Waals surface area (Å²) in [5.74, 6) is 0. The van der Waals surface area contributed by atoms with Gasteiger partial charge in [0, 0.05) is 25.7 Å². The average Bonchev–Trinajstić information content (AvgIpc) is 2.82. The topological polar surface area (TPSA) is 59.7 Å². The Morgan fingerprint density at radius 1 is 1.55 bits per heavy atom. The molecule has 3 rings (SSSR count). The number of rotatable bonds is 3. The Kier molecular flexibility index (Phi) is 3.82. The molecule has 0 spiro atoms. The molecule has 0 aliphatic carbocycles. The molecule has 0 amide bonds.